The molecule has 1 aromatic heterocycles. The second kappa shape index (κ2) is 7.85. The second-order valence-electron chi connectivity index (χ2n) is 5.45. The van der Waals surface area contributed by atoms with Crippen LogP contribution in [0, 0.1) is 6.92 Å². The molecule has 0 aliphatic rings. The van der Waals surface area contributed by atoms with Gasteiger partial charge >= 0.3 is 0 Å². The van der Waals surface area contributed by atoms with Crippen molar-refractivity contribution in [3.63, 3.8) is 0 Å². The topological polar surface area (TPSA) is 74.3 Å². The predicted octanol–water partition coefficient (Wildman–Crippen LogP) is 2.13. The van der Waals surface area contributed by atoms with Crippen LogP contribution < -0.4 is 10.6 Å². The van der Waals surface area contributed by atoms with E-state index in [2.05, 4.69) is 15.6 Å². The number of carbonyl (C=O) groups is 2. The minimum absolute atomic E-state index is 0.101. The molecular weight excluding hydrogens is 312 g/mol. The predicted molar refractivity (Wildman–Crippen MR) is 92.8 cm³/mol. The molecule has 0 unspecified atom stereocenters. The van der Waals surface area contributed by atoms with Gasteiger partial charge in [0.15, 0.2) is 0 Å². The van der Waals surface area contributed by atoms with E-state index >= 15 is 0 Å². The third-order valence-corrected chi connectivity index (χ3v) is 3.72. The fourth-order valence-electron chi connectivity index (χ4n) is 2.02. The average Bonchev–Trinajstić information content (AvgIpc) is 2.83. The average molecular weight is 332 g/mol. The van der Waals surface area contributed by atoms with E-state index in [1.54, 1.807) is 29.2 Å². The van der Waals surface area contributed by atoms with Crippen molar-refractivity contribution in [2.75, 3.05) is 31.3 Å². The molecule has 0 saturated carbocycles. The van der Waals surface area contributed by atoms with Gasteiger partial charge in [0.2, 0.25) is 11.8 Å². The molecule has 0 atom stereocenters. The quantitative estimate of drug-likeness (QED) is 0.850. The zero-order chi connectivity index (χ0) is 16.8. The van der Waals surface area contributed by atoms with Crippen LogP contribution in [0.15, 0.2) is 29.6 Å². The van der Waals surface area contributed by atoms with Gasteiger partial charge in [0, 0.05) is 16.8 Å². The van der Waals surface area contributed by atoms with Crippen molar-refractivity contribution in [3.8, 4) is 0 Å². The summed E-state index contributed by atoms with van der Waals surface area (Å²) >= 11 is 1.52. The number of likely N-dealkylation sites (N-methyl/N-ethyl adjacent to an activating group) is 1. The van der Waals surface area contributed by atoms with E-state index in [9.17, 15) is 9.59 Å². The Hall–Kier alpha value is -2.25. The highest BCUT2D eigenvalue weighted by Gasteiger charge is 2.08. The van der Waals surface area contributed by atoms with Gasteiger partial charge in [-0.25, -0.2) is 4.98 Å². The summed E-state index contributed by atoms with van der Waals surface area (Å²) in [7, 11) is 3.66. The van der Waals surface area contributed by atoms with Crippen LogP contribution in [-0.4, -0.2) is 42.3 Å². The molecule has 122 valence electrons. The number of benzene rings is 1. The molecule has 6 nitrogen and oxygen atoms in total. The second-order valence-corrected chi connectivity index (χ2v) is 6.51. The van der Waals surface area contributed by atoms with Crippen molar-refractivity contribution >= 4 is 34.5 Å². The Morgan fingerprint density at radius 3 is 2.39 bits per heavy atom. The van der Waals surface area contributed by atoms with Crippen LogP contribution >= 0.6 is 11.3 Å². The van der Waals surface area contributed by atoms with Crippen LogP contribution in [0.3, 0.4) is 0 Å². The third-order valence-electron chi connectivity index (χ3n) is 2.90. The molecule has 0 bridgehead atoms. The number of anilines is 2. The third kappa shape index (κ3) is 5.80. The molecule has 0 aliphatic carbocycles. The lowest BCUT2D eigenvalue weighted by Gasteiger charge is -2.11. The van der Waals surface area contributed by atoms with Gasteiger partial charge in [-0.15, -0.1) is 11.3 Å². The van der Waals surface area contributed by atoms with Gasteiger partial charge < -0.3 is 15.5 Å². The fraction of sp³-hybridized carbons (Fsp3) is 0.312. The van der Waals surface area contributed by atoms with Crippen LogP contribution in [0.5, 0.6) is 0 Å². The molecule has 0 saturated heterocycles. The maximum atomic E-state index is 12.0. The Morgan fingerprint density at radius 1 is 1.17 bits per heavy atom. The smallest absolute Gasteiger partial charge is 0.238 e. The van der Waals surface area contributed by atoms with Gasteiger partial charge in [-0.05, 0) is 39.2 Å². The van der Waals surface area contributed by atoms with E-state index in [0.717, 1.165) is 10.7 Å². The summed E-state index contributed by atoms with van der Waals surface area (Å²) < 4.78 is 0. The molecular formula is C16H20N4O2S. The molecule has 1 heterocycles. The molecule has 0 spiro atoms. The van der Waals surface area contributed by atoms with E-state index in [4.69, 9.17) is 0 Å². The van der Waals surface area contributed by atoms with Gasteiger partial charge in [-0.1, -0.05) is 6.07 Å². The van der Waals surface area contributed by atoms with Crippen LogP contribution in [0.4, 0.5) is 11.4 Å². The summed E-state index contributed by atoms with van der Waals surface area (Å²) in [4.78, 5) is 29.8. The molecule has 23 heavy (non-hydrogen) atoms. The Kier molecular flexibility index (Phi) is 5.84. The zero-order valence-corrected chi connectivity index (χ0v) is 14.2. The number of aryl methyl sites for hydroxylation is 1. The summed E-state index contributed by atoms with van der Waals surface area (Å²) in [6.45, 7) is 2.21. The van der Waals surface area contributed by atoms with E-state index in [0.29, 0.717) is 17.9 Å². The molecule has 1 aromatic carbocycles. The van der Waals surface area contributed by atoms with Crippen molar-refractivity contribution in [1.82, 2.24) is 9.88 Å². The van der Waals surface area contributed by atoms with Gasteiger partial charge in [0.25, 0.3) is 0 Å². The van der Waals surface area contributed by atoms with Crippen LogP contribution in [0.1, 0.15) is 10.7 Å². The van der Waals surface area contributed by atoms with Gasteiger partial charge in [-0.2, -0.15) is 0 Å². The Labute approximate surface area is 139 Å². The molecule has 2 rings (SSSR count). The normalized spacial score (nSPS) is 10.6. The minimum Gasteiger partial charge on any atom is -0.326 e. The molecule has 2 aromatic rings. The number of hydrogen-bond donors (Lipinski definition) is 2. The fourth-order valence-corrected chi connectivity index (χ4v) is 2.63. The zero-order valence-electron chi connectivity index (χ0n) is 13.4. The molecule has 0 aliphatic heterocycles. The first-order chi connectivity index (χ1) is 10.9. The Morgan fingerprint density at radius 2 is 1.83 bits per heavy atom. The van der Waals surface area contributed by atoms with Crippen LogP contribution in [0.25, 0.3) is 0 Å². The van der Waals surface area contributed by atoms with Crippen molar-refractivity contribution in [3.05, 3.63) is 40.3 Å². The Bertz CT molecular complexity index is 697. The number of nitrogens with one attached hydrogen (secondary N) is 2. The summed E-state index contributed by atoms with van der Waals surface area (Å²) in [6, 6.07) is 7.09. The van der Waals surface area contributed by atoms with Crippen LogP contribution in [-0.2, 0) is 16.0 Å². The number of rotatable bonds is 6. The van der Waals surface area contributed by atoms with Crippen molar-refractivity contribution in [1.29, 1.82) is 0 Å². The first kappa shape index (κ1) is 17.1. The minimum atomic E-state index is -0.132. The van der Waals surface area contributed by atoms with Crippen molar-refractivity contribution in [2.45, 2.75) is 13.3 Å². The summed E-state index contributed by atoms with van der Waals surface area (Å²) in [5.74, 6) is -0.233. The number of amides is 2. The number of carbonyl (C=O) groups excluding carboxylic acids is 2. The van der Waals surface area contributed by atoms with Gasteiger partial charge in [0.1, 0.15) is 0 Å². The molecule has 2 N–H and O–H groups in total. The highest BCUT2D eigenvalue weighted by molar-refractivity contribution is 7.09. The lowest BCUT2D eigenvalue weighted by Crippen LogP contribution is -2.27. The summed E-state index contributed by atoms with van der Waals surface area (Å²) in [5, 5.41) is 8.44. The van der Waals surface area contributed by atoms with Crippen LogP contribution in [0.2, 0.25) is 0 Å². The van der Waals surface area contributed by atoms with E-state index in [1.807, 2.05) is 26.4 Å². The number of aromatic nitrogens is 1. The van der Waals surface area contributed by atoms with Crippen molar-refractivity contribution in [2.24, 2.45) is 0 Å². The highest BCUT2D eigenvalue weighted by Crippen LogP contribution is 2.16. The van der Waals surface area contributed by atoms with E-state index in [1.165, 1.54) is 11.3 Å². The van der Waals surface area contributed by atoms with Gasteiger partial charge in [0.05, 0.1) is 23.7 Å². The number of thiazole rings is 1. The molecule has 2 amide bonds. The highest BCUT2D eigenvalue weighted by atomic mass is 32.1. The number of hydrogen-bond acceptors (Lipinski definition) is 5. The maximum absolute atomic E-state index is 12.0. The SMILES string of the molecule is Cc1nc(CC(=O)Nc2cccc(NC(=O)CN(C)C)c2)cs1. The Balaban J connectivity index is 1.94. The number of nitrogens with zero attached hydrogens (tertiary/aromatic N) is 2. The molecule has 0 radical (unpaired) electrons. The standard InChI is InChI=1S/C16H20N4O2S/c1-11-17-14(10-23-11)8-15(21)18-12-5-4-6-13(7-12)19-16(22)9-20(2)3/h4-7,10H,8-9H2,1-3H3,(H,18,21)(H,19,22). The van der Waals surface area contributed by atoms with E-state index in [-0.39, 0.29) is 18.2 Å². The summed E-state index contributed by atoms with van der Waals surface area (Å²) in [5.41, 5.74) is 2.06. The summed E-state index contributed by atoms with van der Waals surface area (Å²) in [6.07, 6.45) is 0.238. The lowest BCUT2D eigenvalue weighted by molar-refractivity contribution is -0.117. The largest absolute Gasteiger partial charge is 0.326 e. The van der Waals surface area contributed by atoms with Crippen molar-refractivity contribution < 1.29 is 9.59 Å². The monoisotopic (exact) mass is 332 g/mol. The first-order valence-corrected chi connectivity index (χ1v) is 8.06. The molecule has 0 fully saturated rings. The molecule has 7 heteroatoms. The lowest BCUT2D eigenvalue weighted by atomic mass is 10.2. The van der Waals surface area contributed by atoms with E-state index < -0.39 is 0 Å². The maximum Gasteiger partial charge on any atom is 0.238 e. The van der Waals surface area contributed by atoms with Gasteiger partial charge in [-0.3, -0.25) is 9.59 Å². The first-order valence-electron chi connectivity index (χ1n) is 7.18.